The molecule has 0 saturated heterocycles. The predicted molar refractivity (Wildman–Crippen MR) is 90.4 cm³/mol. The summed E-state index contributed by atoms with van der Waals surface area (Å²) in [6, 6.07) is 4.93. The molecule has 25 heavy (non-hydrogen) atoms. The number of aliphatic hydroxyl groups is 2. The molecular weight excluding hydrogens is 325 g/mol. The molecular formula is C18H22FN3O3. The van der Waals surface area contributed by atoms with Crippen molar-refractivity contribution in [1.82, 2.24) is 14.7 Å². The van der Waals surface area contributed by atoms with Gasteiger partial charge in [-0.2, -0.15) is 5.10 Å². The Bertz CT molecular complexity index is 782. The lowest BCUT2D eigenvalue weighted by Crippen LogP contribution is -2.36. The molecule has 3 rings (SSSR count). The average Bonchev–Trinajstić information content (AvgIpc) is 3.17. The van der Waals surface area contributed by atoms with Crippen molar-refractivity contribution in [3.05, 3.63) is 46.5 Å². The number of aromatic nitrogens is 2. The number of benzene rings is 1. The number of rotatable bonds is 6. The standard InChI is InChI=1S/C18H22FN3O3/c1-12-5-6-16(14(19)11-12)22-15-4-2-3-13(15)17(20-22)18(25)21(7-9-23)8-10-24/h5-6,11,23-24H,2-4,7-10H2,1H3. The van der Waals surface area contributed by atoms with Gasteiger partial charge in [-0.1, -0.05) is 6.07 Å². The van der Waals surface area contributed by atoms with Gasteiger partial charge in [0, 0.05) is 24.3 Å². The first-order valence-corrected chi connectivity index (χ1v) is 8.45. The molecule has 1 aliphatic rings. The second-order valence-electron chi connectivity index (χ2n) is 6.23. The van der Waals surface area contributed by atoms with E-state index >= 15 is 0 Å². The first-order valence-electron chi connectivity index (χ1n) is 8.45. The Morgan fingerprint density at radius 2 is 2.00 bits per heavy atom. The van der Waals surface area contributed by atoms with Crippen LogP contribution in [-0.2, 0) is 12.8 Å². The van der Waals surface area contributed by atoms with Crippen LogP contribution in [0, 0.1) is 12.7 Å². The van der Waals surface area contributed by atoms with Crippen LogP contribution in [0.15, 0.2) is 18.2 Å². The van der Waals surface area contributed by atoms with Crippen LogP contribution < -0.4 is 0 Å². The number of halogens is 1. The minimum atomic E-state index is -0.376. The fourth-order valence-corrected chi connectivity index (χ4v) is 3.30. The number of nitrogens with zero attached hydrogens (tertiary/aromatic N) is 3. The molecule has 1 amide bonds. The van der Waals surface area contributed by atoms with Gasteiger partial charge in [-0.05, 0) is 43.9 Å². The summed E-state index contributed by atoms with van der Waals surface area (Å²) in [6.07, 6.45) is 2.35. The smallest absolute Gasteiger partial charge is 0.274 e. The Labute approximate surface area is 145 Å². The Kier molecular flexibility index (Phi) is 5.15. The zero-order valence-corrected chi connectivity index (χ0v) is 14.2. The van der Waals surface area contributed by atoms with Crippen molar-refractivity contribution >= 4 is 5.91 Å². The number of hydrogen-bond acceptors (Lipinski definition) is 4. The Balaban J connectivity index is 2.04. The van der Waals surface area contributed by atoms with Crippen LogP contribution in [-0.4, -0.2) is 57.1 Å². The molecule has 0 bridgehead atoms. The molecule has 0 unspecified atom stereocenters. The van der Waals surface area contributed by atoms with Crippen LogP contribution in [0.5, 0.6) is 0 Å². The van der Waals surface area contributed by atoms with Gasteiger partial charge in [-0.15, -0.1) is 0 Å². The van der Waals surface area contributed by atoms with Gasteiger partial charge in [0.1, 0.15) is 11.5 Å². The molecule has 6 nitrogen and oxygen atoms in total. The SMILES string of the molecule is Cc1ccc(-n2nc(C(=O)N(CCO)CCO)c3c2CCC3)c(F)c1. The van der Waals surface area contributed by atoms with Crippen LogP contribution in [0.3, 0.4) is 0 Å². The Morgan fingerprint density at radius 3 is 2.64 bits per heavy atom. The second-order valence-corrected chi connectivity index (χ2v) is 6.23. The fourth-order valence-electron chi connectivity index (χ4n) is 3.30. The van der Waals surface area contributed by atoms with Crippen molar-refractivity contribution in [2.45, 2.75) is 26.2 Å². The van der Waals surface area contributed by atoms with Gasteiger partial charge in [0.15, 0.2) is 5.69 Å². The maximum atomic E-state index is 14.4. The van der Waals surface area contributed by atoms with Crippen molar-refractivity contribution in [2.75, 3.05) is 26.3 Å². The van der Waals surface area contributed by atoms with Gasteiger partial charge in [0.05, 0.1) is 13.2 Å². The molecule has 2 aromatic rings. The molecule has 2 N–H and O–H groups in total. The third-order valence-electron chi connectivity index (χ3n) is 4.49. The quantitative estimate of drug-likeness (QED) is 0.824. The molecule has 1 aliphatic carbocycles. The van der Waals surface area contributed by atoms with Gasteiger partial charge in [0.2, 0.25) is 0 Å². The topological polar surface area (TPSA) is 78.6 Å². The normalized spacial score (nSPS) is 13.1. The van der Waals surface area contributed by atoms with Crippen molar-refractivity contribution in [1.29, 1.82) is 0 Å². The molecule has 0 atom stereocenters. The minimum Gasteiger partial charge on any atom is -0.395 e. The molecule has 0 spiro atoms. The van der Waals surface area contributed by atoms with Crippen LogP contribution in [0.2, 0.25) is 0 Å². The minimum absolute atomic E-state index is 0.125. The summed E-state index contributed by atoms with van der Waals surface area (Å²) in [7, 11) is 0. The van der Waals surface area contributed by atoms with Gasteiger partial charge in [-0.25, -0.2) is 9.07 Å². The molecule has 1 aromatic carbocycles. The van der Waals surface area contributed by atoms with Crippen LogP contribution in [0.1, 0.15) is 33.7 Å². The largest absolute Gasteiger partial charge is 0.395 e. The van der Waals surface area contributed by atoms with E-state index in [9.17, 15) is 9.18 Å². The predicted octanol–water partition coefficient (Wildman–Crippen LogP) is 1.24. The highest BCUT2D eigenvalue weighted by molar-refractivity contribution is 5.94. The molecule has 0 radical (unpaired) electrons. The Morgan fingerprint density at radius 1 is 1.28 bits per heavy atom. The molecule has 0 saturated carbocycles. The van der Waals surface area contributed by atoms with E-state index in [-0.39, 0.29) is 43.7 Å². The summed E-state index contributed by atoms with van der Waals surface area (Å²) >= 11 is 0. The highest BCUT2D eigenvalue weighted by atomic mass is 19.1. The summed E-state index contributed by atoms with van der Waals surface area (Å²) in [4.78, 5) is 14.2. The van der Waals surface area contributed by atoms with E-state index in [4.69, 9.17) is 10.2 Å². The van der Waals surface area contributed by atoms with Crippen molar-refractivity contribution in [2.24, 2.45) is 0 Å². The lowest BCUT2D eigenvalue weighted by atomic mass is 10.1. The number of amides is 1. The number of aryl methyl sites for hydroxylation is 1. The van der Waals surface area contributed by atoms with Crippen molar-refractivity contribution < 1.29 is 19.4 Å². The van der Waals surface area contributed by atoms with E-state index in [1.807, 2.05) is 13.0 Å². The van der Waals surface area contributed by atoms with Gasteiger partial charge >= 0.3 is 0 Å². The number of fused-ring (bicyclic) bond motifs is 1. The van der Waals surface area contributed by atoms with E-state index in [1.165, 1.54) is 15.6 Å². The number of carbonyl (C=O) groups excluding carboxylic acids is 1. The van der Waals surface area contributed by atoms with Crippen LogP contribution >= 0.6 is 0 Å². The highest BCUT2D eigenvalue weighted by Gasteiger charge is 2.30. The van der Waals surface area contributed by atoms with Gasteiger partial charge in [0.25, 0.3) is 5.91 Å². The first-order chi connectivity index (χ1) is 12.1. The van der Waals surface area contributed by atoms with E-state index in [1.54, 1.807) is 6.07 Å². The summed E-state index contributed by atoms with van der Waals surface area (Å²) < 4.78 is 15.9. The number of hydrogen-bond donors (Lipinski definition) is 2. The second kappa shape index (κ2) is 7.33. The third-order valence-corrected chi connectivity index (χ3v) is 4.49. The first kappa shape index (κ1) is 17.6. The maximum absolute atomic E-state index is 14.4. The van der Waals surface area contributed by atoms with E-state index in [0.29, 0.717) is 5.69 Å². The van der Waals surface area contributed by atoms with Crippen LogP contribution in [0.4, 0.5) is 4.39 Å². The van der Waals surface area contributed by atoms with E-state index < -0.39 is 0 Å². The van der Waals surface area contributed by atoms with E-state index in [2.05, 4.69) is 5.10 Å². The monoisotopic (exact) mass is 347 g/mol. The van der Waals surface area contributed by atoms with E-state index in [0.717, 1.165) is 36.1 Å². The molecule has 1 heterocycles. The molecule has 134 valence electrons. The van der Waals surface area contributed by atoms with Crippen molar-refractivity contribution in [3.8, 4) is 5.69 Å². The zero-order chi connectivity index (χ0) is 18.0. The number of aliphatic hydroxyl groups excluding tert-OH is 2. The lowest BCUT2D eigenvalue weighted by molar-refractivity contribution is 0.0677. The molecule has 7 heteroatoms. The molecule has 0 fully saturated rings. The molecule has 1 aromatic heterocycles. The lowest BCUT2D eigenvalue weighted by Gasteiger charge is -2.19. The van der Waals surface area contributed by atoms with Gasteiger partial charge < -0.3 is 15.1 Å². The third kappa shape index (κ3) is 3.29. The molecule has 0 aliphatic heterocycles. The van der Waals surface area contributed by atoms with Crippen LogP contribution in [0.25, 0.3) is 5.69 Å². The Hall–Kier alpha value is -2.25. The summed E-state index contributed by atoms with van der Waals surface area (Å²) in [5, 5.41) is 22.7. The van der Waals surface area contributed by atoms with Gasteiger partial charge in [-0.3, -0.25) is 4.79 Å². The number of carbonyl (C=O) groups is 1. The fraction of sp³-hybridized carbons (Fsp3) is 0.444. The average molecular weight is 347 g/mol. The summed E-state index contributed by atoms with van der Waals surface area (Å²) in [5.41, 5.74) is 3.14. The zero-order valence-electron chi connectivity index (χ0n) is 14.2. The summed E-state index contributed by atoms with van der Waals surface area (Å²) in [6.45, 7) is 1.68. The van der Waals surface area contributed by atoms with Crippen molar-refractivity contribution in [3.63, 3.8) is 0 Å². The highest BCUT2D eigenvalue weighted by Crippen LogP contribution is 2.29. The maximum Gasteiger partial charge on any atom is 0.274 e. The summed E-state index contributed by atoms with van der Waals surface area (Å²) in [5.74, 6) is -0.716.